The number of hydrogen-bond acceptors (Lipinski definition) is 3. The first-order chi connectivity index (χ1) is 9.40. The molecule has 0 aliphatic carbocycles. The molecule has 7 heteroatoms. The van der Waals surface area contributed by atoms with Crippen LogP contribution >= 0.6 is 0 Å². The molecule has 0 bridgehead atoms. The molecule has 0 fully saturated rings. The summed E-state index contributed by atoms with van der Waals surface area (Å²) in [6.07, 6.45) is 0. The van der Waals surface area contributed by atoms with E-state index in [1.165, 1.54) is 18.2 Å². The smallest absolute Gasteiger partial charge is 0.242 e. The Kier molecular flexibility index (Phi) is 4.01. The lowest BCUT2D eigenvalue weighted by Crippen LogP contribution is -2.24. The minimum Gasteiger partial charge on any atom is -0.398 e. The number of nitrogen functional groups attached to an aromatic ring is 1. The third-order valence-corrected chi connectivity index (χ3v) is 4.15. The van der Waals surface area contributed by atoms with E-state index < -0.39 is 21.7 Å². The molecule has 106 valence electrons. The van der Waals surface area contributed by atoms with E-state index in [1.807, 2.05) is 0 Å². The van der Waals surface area contributed by atoms with Gasteiger partial charge in [-0.1, -0.05) is 18.2 Å². The molecule has 2 aromatic carbocycles. The maximum atomic E-state index is 13.4. The van der Waals surface area contributed by atoms with Gasteiger partial charge in [0.1, 0.15) is 16.5 Å². The van der Waals surface area contributed by atoms with Crippen LogP contribution in [0.4, 0.5) is 14.5 Å². The molecule has 0 saturated heterocycles. The van der Waals surface area contributed by atoms with Gasteiger partial charge in [-0.25, -0.2) is 21.9 Å². The standard InChI is InChI=1S/C13H12F2N2O2S/c14-10-5-6-13(12(16)7-10)20(18,19)17-8-9-3-1-2-4-11(9)15/h1-7,17H,8,16H2. The first-order valence-electron chi connectivity index (χ1n) is 5.68. The van der Waals surface area contributed by atoms with Crippen molar-refractivity contribution in [3.63, 3.8) is 0 Å². The molecule has 0 heterocycles. The molecule has 0 atom stereocenters. The van der Waals surface area contributed by atoms with Crippen LogP contribution in [-0.4, -0.2) is 8.42 Å². The summed E-state index contributed by atoms with van der Waals surface area (Å²) in [4.78, 5) is -0.241. The highest BCUT2D eigenvalue weighted by Gasteiger charge is 2.18. The Hall–Kier alpha value is -1.99. The van der Waals surface area contributed by atoms with E-state index >= 15 is 0 Å². The molecule has 0 amide bonds. The molecule has 0 saturated carbocycles. The molecule has 0 aromatic heterocycles. The largest absolute Gasteiger partial charge is 0.398 e. The summed E-state index contributed by atoms with van der Waals surface area (Å²) >= 11 is 0. The molecule has 2 rings (SSSR count). The number of nitrogens with one attached hydrogen (secondary N) is 1. The van der Waals surface area contributed by atoms with Gasteiger partial charge in [0.05, 0.1) is 5.69 Å². The number of sulfonamides is 1. The predicted octanol–water partition coefficient (Wildman–Crippen LogP) is 2.03. The predicted molar refractivity (Wildman–Crippen MR) is 71.2 cm³/mol. The molecule has 4 nitrogen and oxygen atoms in total. The van der Waals surface area contributed by atoms with Gasteiger partial charge >= 0.3 is 0 Å². The van der Waals surface area contributed by atoms with Crippen LogP contribution in [0.15, 0.2) is 47.4 Å². The Labute approximate surface area is 115 Å². The van der Waals surface area contributed by atoms with Crippen molar-refractivity contribution in [1.82, 2.24) is 4.72 Å². The van der Waals surface area contributed by atoms with Crippen molar-refractivity contribution in [2.45, 2.75) is 11.4 Å². The first kappa shape index (κ1) is 14.4. The maximum absolute atomic E-state index is 13.4. The topological polar surface area (TPSA) is 72.2 Å². The second-order valence-electron chi connectivity index (χ2n) is 4.10. The van der Waals surface area contributed by atoms with E-state index in [0.717, 1.165) is 18.2 Å². The van der Waals surface area contributed by atoms with Gasteiger partial charge in [-0.2, -0.15) is 0 Å². The first-order valence-corrected chi connectivity index (χ1v) is 7.16. The number of benzene rings is 2. The average molecular weight is 298 g/mol. The van der Waals surface area contributed by atoms with Crippen LogP contribution < -0.4 is 10.5 Å². The summed E-state index contributed by atoms with van der Waals surface area (Å²) in [5.41, 5.74) is 5.48. The lowest BCUT2D eigenvalue weighted by molar-refractivity contribution is 0.574. The summed E-state index contributed by atoms with van der Waals surface area (Å²) in [5.74, 6) is -1.14. The summed E-state index contributed by atoms with van der Waals surface area (Å²) in [7, 11) is -3.93. The third kappa shape index (κ3) is 3.12. The summed E-state index contributed by atoms with van der Waals surface area (Å²) in [5, 5.41) is 0. The molecular formula is C13H12F2N2O2S. The zero-order valence-electron chi connectivity index (χ0n) is 10.3. The van der Waals surface area contributed by atoms with Crippen LogP contribution in [0.1, 0.15) is 5.56 Å². The second kappa shape index (κ2) is 5.56. The Balaban J connectivity index is 2.22. The molecule has 2 aromatic rings. The molecule has 0 spiro atoms. The molecule has 0 aliphatic heterocycles. The number of halogens is 2. The highest BCUT2D eigenvalue weighted by atomic mass is 32.2. The Morgan fingerprint density at radius 3 is 2.45 bits per heavy atom. The molecule has 0 aliphatic rings. The van der Waals surface area contributed by atoms with Gasteiger partial charge < -0.3 is 5.73 Å². The van der Waals surface area contributed by atoms with Gasteiger partial charge in [-0.05, 0) is 24.3 Å². The quantitative estimate of drug-likeness (QED) is 0.848. The summed E-state index contributed by atoms with van der Waals surface area (Å²) in [6.45, 7) is -0.216. The van der Waals surface area contributed by atoms with Crippen LogP contribution in [0, 0.1) is 11.6 Å². The van der Waals surface area contributed by atoms with Gasteiger partial charge in [-0.15, -0.1) is 0 Å². The van der Waals surface area contributed by atoms with Gasteiger partial charge in [0.2, 0.25) is 10.0 Å². The van der Waals surface area contributed by atoms with Crippen LogP contribution in [0.2, 0.25) is 0 Å². The lowest BCUT2D eigenvalue weighted by Gasteiger charge is -2.09. The molecule has 20 heavy (non-hydrogen) atoms. The highest BCUT2D eigenvalue weighted by molar-refractivity contribution is 7.89. The van der Waals surface area contributed by atoms with Gasteiger partial charge in [0.25, 0.3) is 0 Å². The Bertz CT molecular complexity index is 733. The Morgan fingerprint density at radius 1 is 1.10 bits per heavy atom. The minimum absolute atomic E-state index is 0.203. The van der Waals surface area contributed by atoms with Crippen LogP contribution in [0.5, 0.6) is 0 Å². The second-order valence-corrected chi connectivity index (χ2v) is 5.83. The molecule has 0 unspecified atom stereocenters. The fourth-order valence-corrected chi connectivity index (χ4v) is 2.77. The zero-order valence-corrected chi connectivity index (χ0v) is 11.1. The van der Waals surface area contributed by atoms with Crippen molar-refractivity contribution in [3.05, 3.63) is 59.7 Å². The van der Waals surface area contributed by atoms with E-state index in [2.05, 4.69) is 4.72 Å². The molecule has 0 radical (unpaired) electrons. The van der Waals surface area contributed by atoms with Crippen molar-refractivity contribution in [2.75, 3.05) is 5.73 Å². The summed E-state index contributed by atoms with van der Waals surface area (Å²) < 4.78 is 52.5. The fraction of sp³-hybridized carbons (Fsp3) is 0.0769. The Morgan fingerprint density at radius 2 is 1.80 bits per heavy atom. The number of rotatable bonds is 4. The zero-order chi connectivity index (χ0) is 14.8. The van der Waals surface area contributed by atoms with E-state index in [9.17, 15) is 17.2 Å². The fourth-order valence-electron chi connectivity index (χ4n) is 1.66. The van der Waals surface area contributed by atoms with Crippen LogP contribution in [0.25, 0.3) is 0 Å². The van der Waals surface area contributed by atoms with Crippen LogP contribution in [0.3, 0.4) is 0 Å². The number of hydrogen-bond donors (Lipinski definition) is 2. The third-order valence-electron chi connectivity index (χ3n) is 2.67. The SMILES string of the molecule is Nc1cc(F)ccc1S(=O)(=O)NCc1ccccc1F. The highest BCUT2D eigenvalue weighted by Crippen LogP contribution is 2.19. The van der Waals surface area contributed by atoms with Crippen molar-refractivity contribution < 1.29 is 17.2 Å². The van der Waals surface area contributed by atoms with Gasteiger partial charge in [-0.3, -0.25) is 0 Å². The lowest BCUT2D eigenvalue weighted by atomic mass is 10.2. The number of anilines is 1. The van der Waals surface area contributed by atoms with Crippen molar-refractivity contribution >= 4 is 15.7 Å². The maximum Gasteiger partial charge on any atom is 0.242 e. The van der Waals surface area contributed by atoms with Gasteiger partial charge in [0, 0.05) is 12.1 Å². The van der Waals surface area contributed by atoms with Crippen molar-refractivity contribution in [2.24, 2.45) is 0 Å². The van der Waals surface area contributed by atoms with Crippen molar-refractivity contribution in [1.29, 1.82) is 0 Å². The minimum atomic E-state index is -3.93. The number of nitrogens with two attached hydrogens (primary N) is 1. The van der Waals surface area contributed by atoms with E-state index in [-0.39, 0.29) is 22.7 Å². The molecule has 3 N–H and O–H groups in total. The van der Waals surface area contributed by atoms with E-state index in [1.54, 1.807) is 6.07 Å². The molecular weight excluding hydrogens is 286 g/mol. The van der Waals surface area contributed by atoms with Crippen LogP contribution in [-0.2, 0) is 16.6 Å². The normalized spacial score (nSPS) is 11.5. The monoisotopic (exact) mass is 298 g/mol. The van der Waals surface area contributed by atoms with Gasteiger partial charge in [0.15, 0.2) is 0 Å². The average Bonchev–Trinajstić information content (AvgIpc) is 2.37. The van der Waals surface area contributed by atoms with E-state index in [4.69, 9.17) is 5.73 Å². The van der Waals surface area contributed by atoms with E-state index in [0.29, 0.717) is 0 Å². The summed E-state index contributed by atoms with van der Waals surface area (Å²) in [6, 6.07) is 8.77. The van der Waals surface area contributed by atoms with Crippen molar-refractivity contribution in [3.8, 4) is 0 Å².